The third-order valence-corrected chi connectivity index (χ3v) is 4.40. The van der Waals surface area contributed by atoms with Crippen LogP contribution in [0.3, 0.4) is 0 Å². The molecule has 1 saturated heterocycles. The van der Waals surface area contributed by atoms with Crippen LogP contribution in [0.5, 0.6) is 0 Å². The van der Waals surface area contributed by atoms with Crippen molar-refractivity contribution in [3.8, 4) is 0 Å². The average molecular weight is 245 g/mol. The minimum Gasteiger partial charge on any atom is -0.384 e. The van der Waals surface area contributed by atoms with Crippen LogP contribution in [0.4, 0.5) is 5.82 Å². The van der Waals surface area contributed by atoms with Crippen LogP contribution in [0.1, 0.15) is 24.8 Å². The Hall–Kier alpha value is -1.42. The van der Waals surface area contributed by atoms with Gasteiger partial charge in [-0.05, 0) is 55.5 Å². The number of carbonyl (C=O) groups excluding carboxylic acids is 1. The summed E-state index contributed by atoms with van der Waals surface area (Å²) in [5.74, 6) is 1.16. The van der Waals surface area contributed by atoms with E-state index in [9.17, 15) is 4.79 Å². The molecule has 2 aliphatic rings. The standard InChI is InChI=1S/C14H19N3O/c15-13-8-10(1-4-17-13)7-12(18)11-9-14(11)2-5-16-6-3-14/h1,4,8,11,16H,2-3,5-7,9H2,(H2,15,17). The lowest BCUT2D eigenvalue weighted by atomic mass is 9.89. The number of nitrogens with two attached hydrogens (primary N) is 1. The first kappa shape index (κ1) is 11.7. The highest BCUT2D eigenvalue weighted by atomic mass is 16.1. The number of nitrogens with zero attached hydrogens (tertiary/aromatic N) is 1. The number of carbonyl (C=O) groups is 1. The second kappa shape index (κ2) is 4.35. The molecule has 1 spiro atoms. The van der Waals surface area contributed by atoms with Crippen molar-refractivity contribution in [2.24, 2.45) is 11.3 Å². The maximum atomic E-state index is 12.3. The van der Waals surface area contributed by atoms with E-state index in [-0.39, 0.29) is 5.92 Å². The predicted molar refractivity (Wildman–Crippen MR) is 70.0 cm³/mol. The Bertz CT molecular complexity index is 466. The largest absolute Gasteiger partial charge is 0.384 e. The molecule has 0 amide bonds. The van der Waals surface area contributed by atoms with Crippen LogP contribution < -0.4 is 11.1 Å². The highest BCUT2D eigenvalue weighted by molar-refractivity contribution is 5.86. The third kappa shape index (κ3) is 2.12. The van der Waals surface area contributed by atoms with E-state index < -0.39 is 0 Å². The number of rotatable bonds is 3. The summed E-state index contributed by atoms with van der Waals surface area (Å²) in [7, 11) is 0. The number of ketones is 1. The van der Waals surface area contributed by atoms with Crippen LogP contribution in [-0.2, 0) is 11.2 Å². The van der Waals surface area contributed by atoms with Gasteiger partial charge < -0.3 is 11.1 Å². The summed E-state index contributed by atoms with van der Waals surface area (Å²) in [5, 5.41) is 3.36. The van der Waals surface area contributed by atoms with Crippen molar-refractivity contribution in [1.82, 2.24) is 10.3 Å². The molecule has 1 aromatic rings. The fraction of sp³-hybridized carbons (Fsp3) is 0.571. The zero-order chi connectivity index (χ0) is 12.6. The molecule has 4 nitrogen and oxygen atoms in total. The van der Waals surface area contributed by atoms with E-state index in [2.05, 4.69) is 10.3 Å². The summed E-state index contributed by atoms with van der Waals surface area (Å²) < 4.78 is 0. The van der Waals surface area contributed by atoms with Crippen molar-refractivity contribution in [1.29, 1.82) is 0 Å². The number of nitrogen functional groups attached to an aromatic ring is 1. The van der Waals surface area contributed by atoms with Crippen molar-refractivity contribution >= 4 is 11.6 Å². The van der Waals surface area contributed by atoms with Gasteiger partial charge in [-0.15, -0.1) is 0 Å². The second-order valence-corrected chi connectivity index (χ2v) is 5.60. The Kier molecular flexibility index (Phi) is 2.82. The molecule has 1 aliphatic carbocycles. The summed E-state index contributed by atoms with van der Waals surface area (Å²) in [5.41, 5.74) is 6.96. The quantitative estimate of drug-likeness (QED) is 0.838. The zero-order valence-corrected chi connectivity index (χ0v) is 10.5. The number of pyridine rings is 1. The number of aromatic nitrogens is 1. The first-order chi connectivity index (χ1) is 8.70. The lowest BCUT2D eigenvalue weighted by molar-refractivity contribution is -0.120. The smallest absolute Gasteiger partial charge is 0.140 e. The topological polar surface area (TPSA) is 68.0 Å². The molecule has 2 fully saturated rings. The lowest BCUT2D eigenvalue weighted by Crippen LogP contribution is -2.30. The van der Waals surface area contributed by atoms with Gasteiger partial charge in [-0.2, -0.15) is 0 Å². The van der Waals surface area contributed by atoms with Gasteiger partial charge >= 0.3 is 0 Å². The molecular weight excluding hydrogens is 226 g/mol. The molecule has 1 unspecified atom stereocenters. The second-order valence-electron chi connectivity index (χ2n) is 5.60. The number of piperidine rings is 1. The van der Waals surface area contributed by atoms with Crippen LogP contribution in [0.25, 0.3) is 0 Å². The zero-order valence-electron chi connectivity index (χ0n) is 10.5. The van der Waals surface area contributed by atoms with Crippen molar-refractivity contribution in [2.75, 3.05) is 18.8 Å². The van der Waals surface area contributed by atoms with E-state index in [4.69, 9.17) is 5.73 Å². The molecule has 18 heavy (non-hydrogen) atoms. The van der Waals surface area contributed by atoms with Gasteiger partial charge in [0.1, 0.15) is 11.6 Å². The molecule has 1 aliphatic heterocycles. The van der Waals surface area contributed by atoms with Crippen LogP contribution >= 0.6 is 0 Å². The monoisotopic (exact) mass is 245 g/mol. The van der Waals surface area contributed by atoms with Gasteiger partial charge in [-0.25, -0.2) is 4.98 Å². The maximum absolute atomic E-state index is 12.3. The predicted octanol–water partition coefficient (Wildman–Crippen LogP) is 1.17. The molecule has 3 rings (SSSR count). The van der Waals surface area contributed by atoms with Gasteiger partial charge in [0.05, 0.1) is 0 Å². The number of hydrogen-bond donors (Lipinski definition) is 2. The van der Waals surface area contributed by atoms with Crippen LogP contribution in [0.2, 0.25) is 0 Å². The summed E-state index contributed by atoms with van der Waals surface area (Å²) in [4.78, 5) is 16.2. The van der Waals surface area contributed by atoms with Gasteiger partial charge in [-0.3, -0.25) is 4.79 Å². The summed E-state index contributed by atoms with van der Waals surface area (Å²) in [6.45, 7) is 2.12. The van der Waals surface area contributed by atoms with E-state index >= 15 is 0 Å². The Balaban J connectivity index is 1.63. The maximum Gasteiger partial charge on any atom is 0.140 e. The highest BCUT2D eigenvalue weighted by Crippen LogP contribution is 2.59. The van der Waals surface area contributed by atoms with Gasteiger partial charge in [-0.1, -0.05) is 0 Å². The fourth-order valence-corrected chi connectivity index (χ4v) is 3.21. The summed E-state index contributed by atoms with van der Waals surface area (Å²) in [6.07, 6.45) is 5.58. The molecular formula is C14H19N3O. The first-order valence-corrected chi connectivity index (χ1v) is 6.63. The van der Waals surface area contributed by atoms with Crippen LogP contribution in [0, 0.1) is 11.3 Å². The lowest BCUT2D eigenvalue weighted by Gasteiger charge is -2.23. The third-order valence-electron chi connectivity index (χ3n) is 4.40. The fourth-order valence-electron chi connectivity index (χ4n) is 3.21. The van der Waals surface area contributed by atoms with Gasteiger partial charge in [0.2, 0.25) is 0 Å². The first-order valence-electron chi connectivity index (χ1n) is 6.63. The molecule has 3 N–H and O–H groups in total. The Labute approximate surface area is 107 Å². The number of hydrogen-bond acceptors (Lipinski definition) is 4. The van der Waals surface area contributed by atoms with E-state index in [1.165, 1.54) is 0 Å². The molecule has 1 aromatic heterocycles. The van der Waals surface area contributed by atoms with Crippen LogP contribution in [0.15, 0.2) is 18.3 Å². The minimum atomic E-state index is 0.286. The molecule has 0 radical (unpaired) electrons. The van der Waals surface area contributed by atoms with Crippen molar-refractivity contribution in [3.63, 3.8) is 0 Å². The molecule has 2 heterocycles. The van der Waals surface area contributed by atoms with Crippen LogP contribution in [-0.4, -0.2) is 23.9 Å². The van der Waals surface area contributed by atoms with E-state index in [1.807, 2.05) is 6.07 Å². The van der Waals surface area contributed by atoms with E-state index in [0.717, 1.165) is 37.9 Å². The Morgan fingerprint density at radius 1 is 1.50 bits per heavy atom. The number of anilines is 1. The Morgan fingerprint density at radius 2 is 2.28 bits per heavy atom. The summed E-state index contributed by atoms with van der Waals surface area (Å²) in [6, 6.07) is 3.68. The minimum absolute atomic E-state index is 0.286. The number of nitrogens with one attached hydrogen (secondary N) is 1. The number of Topliss-reactive ketones (excluding diaryl/α,β-unsaturated/α-hetero) is 1. The van der Waals surface area contributed by atoms with Gasteiger partial charge in [0.25, 0.3) is 0 Å². The van der Waals surface area contributed by atoms with Gasteiger partial charge in [0.15, 0.2) is 0 Å². The molecule has 96 valence electrons. The highest BCUT2D eigenvalue weighted by Gasteiger charge is 2.56. The molecule has 4 heteroatoms. The van der Waals surface area contributed by atoms with Gasteiger partial charge in [0, 0.05) is 18.5 Å². The SMILES string of the molecule is Nc1cc(CC(=O)C2CC23CCNCC3)ccn1. The molecule has 1 saturated carbocycles. The average Bonchev–Trinajstić information content (AvgIpc) is 3.04. The molecule has 1 atom stereocenters. The van der Waals surface area contributed by atoms with Crippen molar-refractivity contribution < 1.29 is 4.79 Å². The molecule has 0 aromatic carbocycles. The molecule has 0 bridgehead atoms. The van der Waals surface area contributed by atoms with E-state index in [1.54, 1.807) is 12.3 Å². The van der Waals surface area contributed by atoms with Crippen molar-refractivity contribution in [2.45, 2.75) is 25.7 Å². The van der Waals surface area contributed by atoms with E-state index in [0.29, 0.717) is 23.4 Å². The van der Waals surface area contributed by atoms with Crippen molar-refractivity contribution in [3.05, 3.63) is 23.9 Å². The normalized spacial score (nSPS) is 25.0. The summed E-state index contributed by atoms with van der Waals surface area (Å²) >= 11 is 0. The Morgan fingerprint density at radius 3 is 3.00 bits per heavy atom.